The van der Waals surface area contributed by atoms with Crippen LogP contribution in [0.5, 0.6) is 11.5 Å². The highest BCUT2D eigenvalue weighted by Gasteiger charge is 2.22. The fraction of sp³-hybridized carbons (Fsp3) is 0.320. The summed E-state index contributed by atoms with van der Waals surface area (Å²) in [6, 6.07) is 20.6. The molecule has 0 aromatic heterocycles. The van der Waals surface area contributed by atoms with Crippen LogP contribution in [0.25, 0.3) is 10.8 Å². The number of nitrogens with zero attached hydrogens (tertiary/aromatic N) is 2. The van der Waals surface area contributed by atoms with Gasteiger partial charge in [0, 0.05) is 39.1 Å². The molecule has 0 aliphatic carbocycles. The lowest BCUT2D eigenvalue weighted by Crippen LogP contribution is -2.49. The molecule has 1 amide bonds. The van der Waals surface area contributed by atoms with E-state index in [0.29, 0.717) is 0 Å². The second kappa shape index (κ2) is 8.36. The number of hydrogen-bond donors (Lipinski definition) is 0. The first-order chi connectivity index (χ1) is 14.7. The van der Waals surface area contributed by atoms with Crippen LogP contribution in [0, 0.1) is 0 Å². The van der Waals surface area contributed by atoms with Gasteiger partial charge >= 0.3 is 0 Å². The van der Waals surface area contributed by atoms with Gasteiger partial charge in [-0.25, -0.2) is 0 Å². The highest BCUT2D eigenvalue weighted by Crippen LogP contribution is 2.26. The molecule has 0 spiro atoms. The van der Waals surface area contributed by atoms with Crippen LogP contribution in [0.3, 0.4) is 0 Å². The third-order valence-corrected chi connectivity index (χ3v) is 5.97. The van der Waals surface area contributed by atoms with E-state index in [9.17, 15) is 4.79 Å². The molecule has 0 unspecified atom stereocenters. The molecule has 2 aliphatic rings. The molecular weight excluding hydrogens is 376 g/mol. The van der Waals surface area contributed by atoms with Gasteiger partial charge in [-0.15, -0.1) is 0 Å². The zero-order valence-corrected chi connectivity index (χ0v) is 17.0. The Hall–Kier alpha value is -3.05. The molecule has 5 nitrogen and oxygen atoms in total. The Morgan fingerprint density at radius 2 is 1.77 bits per heavy atom. The van der Waals surface area contributed by atoms with Crippen LogP contribution in [-0.2, 0) is 17.8 Å². The zero-order chi connectivity index (χ0) is 20.3. The summed E-state index contributed by atoms with van der Waals surface area (Å²) in [7, 11) is 0. The summed E-state index contributed by atoms with van der Waals surface area (Å²) in [6.45, 7) is 5.06. The first-order valence-electron chi connectivity index (χ1n) is 10.6. The summed E-state index contributed by atoms with van der Waals surface area (Å²) in [5.41, 5.74) is 2.63. The number of amides is 1. The van der Waals surface area contributed by atoms with Gasteiger partial charge in [-0.05, 0) is 40.1 Å². The van der Waals surface area contributed by atoms with E-state index in [4.69, 9.17) is 9.47 Å². The van der Waals surface area contributed by atoms with Crippen molar-refractivity contribution in [2.24, 2.45) is 0 Å². The molecule has 0 N–H and O–H groups in total. The third kappa shape index (κ3) is 4.12. The predicted octanol–water partition coefficient (Wildman–Crippen LogP) is 3.50. The lowest BCUT2D eigenvalue weighted by molar-refractivity contribution is -0.135. The van der Waals surface area contributed by atoms with E-state index in [1.807, 2.05) is 35.2 Å². The number of rotatable bonds is 5. The zero-order valence-electron chi connectivity index (χ0n) is 17.0. The van der Waals surface area contributed by atoms with E-state index in [1.54, 1.807) is 0 Å². The first kappa shape index (κ1) is 18.9. The molecule has 3 aromatic carbocycles. The number of benzene rings is 3. The summed E-state index contributed by atoms with van der Waals surface area (Å²) >= 11 is 0. The highest BCUT2D eigenvalue weighted by atomic mass is 16.5. The van der Waals surface area contributed by atoms with Gasteiger partial charge in [-0.1, -0.05) is 42.5 Å². The number of carbonyl (C=O) groups is 1. The molecule has 30 heavy (non-hydrogen) atoms. The Bertz CT molecular complexity index is 1060. The normalized spacial score (nSPS) is 16.3. The van der Waals surface area contributed by atoms with Crippen LogP contribution >= 0.6 is 0 Å². The molecule has 154 valence electrons. The third-order valence-electron chi connectivity index (χ3n) is 5.97. The Morgan fingerprint density at radius 3 is 2.63 bits per heavy atom. The molecule has 1 fully saturated rings. The van der Waals surface area contributed by atoms with Crippen molar-refractivity contribution < 1.29 is 14.3 Å². The van der Waals surface area contributed by atoms with Gasteiger partial charge in [0.15, 0.2) is 6.61 Å². The van der Waals surface area contributed by atoms with Gasteiger partial charge in [-0.2, -0.15) is 0 Å². The number of hydrogen-bond acceptors (Lipinski definition) is 4. The maximum absolute atomic E-state index is 12.6. The van der Waals surface area contributed by atoms with E-state index in [1.165, 1.54) is 16.5 Å². The van der Waals surface area contributed by atoms with Gasteiger partial charge in [0.25, 0.3) is 5.91 Å². The minimum absolute atomic E-state index is 0.0532. The number of fused-ring (bicyclic) bond motifs is 2. The molecule has 2 heterocycles. The Balaban J connectivity index is 1.11. The molecule has 5 rings (SSSR count). The van der Waals surface area contributed by atoms with Crippen molar-refractivity contribution >= 4 is 16.7 Å². The number of carbonyl (C=O) groups excluding carboxylic acids is 1. The van der Waals surface area contributed by atoms with Crippen molar-refractivity contribution in [3.05, 3.63) is 71.8 Å². The highest BCUT2D eigenvalue weighted by molar-refractivity contribution is 5.84. The summed E-state index contributed by atoms with van der Waals surface area (Å²) in [6.07, 6.45) is 1.00. The monoisotopic (exact) mass is 402 g/mol. The van der Waals surface area contributed by atoms with Gasteiger partial charge in [0.1, 0.15) is 11.5 Å². The SMILES string of the molecule is O=C(COc1ccc2ccccc2c1)N1CCN(Cc2ccc3c(c2)CCO3)CC1. The van der Waals surface area contributed by atoms with Gasteiger partial charge in [0.05, 0.1) is 6.61 Å². The van der Waals surface area contributed by atoms with Crippen molar-refractivity contribution in [1.82, 2.24) is 9.80 Å². The molecule has 5 heteroatoms. The Kier molecular flexibility index (Phi) is 5.28. The Labute approximate surface area is 176 Å². The standard InChI is InChI=1S/C25H26N2O3/c28-25(18-30-23-7-6-20-3-1-2-4-21(20)16-23)27-12-10-26(11-13-27)17-19-5-8-24-22(15-19)9-14-29-24/h1-8,15-16H,9-14,17-18H2. The van der Waals surface area contributed by atoms with Crippen molar-refractivity contribution in [1.29, 1.82) is 0 Å². The van der Waals surface area contributed by atoms with Crippen molar-refractivity contribution in [3.8, 4) is 11.5 Å². The molecular formula is C25H26N2O3. The number of ether oxygens (including phenoxy) is 2. The van der Waals surface area contributed by atoms with Gasteiger partial charge in [-0.3, -0.25) is 9.69 Å². The average molecular weight is 402 g/mol. The fourth-order valence-corrected chi connectivity index (χ4v) is 4.25. The van der Waals surface area contributed by atoms with Crippen molar-refractivity contribution in [2.75, 3.05) is 39.4 Å². The lowest BCUT2D eigenvalue weighted by atomic mass is 10.1. The minimum atomic E-state index is 0.0532. The Morgan fingerprint density at radius 1 is 0.933 bits per heavy atom. The van der Waals surface area contributed by atoms with Crippen LogP contribution in [0.2, 0.25) is 0 Å². The molecule has 1 saturated heterocycles. The van der Waals surface area contributed by atoms with Crippen LogP contribution < -0.4 is 9.47 Å². The fourth-order valence-electron chi connectivity index (χ4n) is 4.25. The smallest absolute Gasteiger partial charge is 0.260 e. The van der Waals surface area contributed by atoms with E-state index in [0.717, 1.165) is 62.6 Å². The van der Waals surface area contributed by atoms with Gasteiger partial charge in [0.2, 0.25) is 0 Å². The van der Waals surface area contributed by atoms with E-state index >= 15 is 0 Å². The molecule has 0 saturated carbocycles. The molecule has 3 aromatic rings. The number of piperazine rings is 1. The van der Waals surface area contributed by atoms with Crippen LogP contribution in [0.4, 0.5) is 0 Å². The maximum Gasteiger partial charge on any atom is 0.260 e. The lowest BCUT2D eigenvalue weighted by Gasteiger charge is -2.34. The summed E-state index contributed by atoms with van der Waals surface area (Å²) in [4.78, 5) is 16.9. The second-order valence-corrected chi connectivity index (χ2v) is 8.00. The largest absolute Gasteiger partial charge is 0.493 e. The van der Waals surface area contributed by atoms with Crippen LogP contribution in [-0.4, -0.2) is 55.1 Å². The van der Waals surface area contributed by atoms with Crippen molar-refractivity contribution in [2.45, 2.75) is 13.0 Å². The van der Waals surface area contributed by atoms with Crippen LogP contribution in [0.15, 0.2) is 60.7 Å². The molecule has 0 bridgehead atoms. The van der Waals surface area contributed by atoms with E-state index < -0.39 is 0 Å². The van der Waals surface area contributed by atoms with E-state index in [2.05, 4.69) is 35.2 Å². The molecule has 0 radical (unpaired) electrons. The molecule has 0 atom stereocenters. The second-order valence-electron chi connectivity index (χ2n) is 8.00. The minimum Gasteiger partial charge on any atom is -0.493 e. The van der Waals surface area contributed by atoms with Gasteiger partial charge < -0.3 is 14.4 Å². The van der Waals surface area contributed by atoms with Crippen LogP contribution in [0.1, 0.15) is 11.1 Å². The predicted molar refractivity (Wildman–Crippen MR) is 117 cm³/mol. The van der Waals surface area contributed by atoms with Crippen molar-refractivity contribution in [3.63, 3.8) is 0 Å². The summed E-state index contributed by atoms with van der Waals surface area (Å²) in [5.74, 6) is 1.82. The average Bonchev–Trinajstić information content (AvgIpc) is 3.26. The first-order valence-corrected chi connectivity index (χ1v) is 10.6. The topological polar surface area (TPSA) is 42.0 Å². The quantitative estimate of drug-likeness (QED) is 0.655. The summed E-state index contributed by atoms with van der Waals surface area (Å²) < 4.78 is 11.4. The maximum atomic E-state index is 12.6. The van der Waals surface area contributed by atoms with E-state index in [-0.39, 0.29) is 12.5 Å². The summed E-state index contributed by atoms with van der Waals surface area (Å²) in [5, 5.41) is 2.29. The molecule has 2 aliphatic heterocycles.